The van der Waals surface area contributed by atoms with Crippen LogP contribution in [0.1, 0.15) is 52.9 Å². The molecule has 5 atom stereocenters. The standard InChI is InChI=1S/C15H26/c1-5-6-7-10(2)15-12(4)14-9-13(15)8-11(14)3/h10,12-15H,3,5-9H2,1-2,4H3. The summed E-state index contributed by atoms with van der Waals surface area (Å²) in [5.41, 5.74) is 1.56. The van der Waals surface area contributed by atoms with Crippen molar-refractivity contribution in [2.75, 3.05) is 0 Å². The van der Waals surface area contributed by atoms with E-state index in [1.165, 1.54) is 32.1 Å². The minimum absolute atomic E-state index is 0.879. The van der Waals surface area contributed by atoms with Crippen molar-refractivity contribution in [2.45, 2.75) is 52.9 Å². The van der Waals surface area contributed by atoms with Crippen LogP contribution in [-0.2, 0) is 0 Å². The van der Waals surface area contributed by atoms with Crippen LogP contribution < -0.4 is 0 Å². The first-order valence-electron chi connectivity index (χ1n) is 6.82. The maximum absolute atomic E-state index is 4.24. The van der Waals surface area contributed by atoms with Gasteiger partial charge in [0, 0.05) is 0 Å². The molecule has 0 saturated heterocycles. The second kappa shape index (κ2) is 4.31. The molecule has 0 radical (unpaired) electrons. The summed E-state index contributed by atoms with van der Waals surface area (Å²) in [6.45, 7) is 11.5. The quantitative estimate of drug-likeness (QED) is 0.587. The second-order valence-electron chi connectivity index (χ2n) is 6.02. The van der Waals surface area contributed by atoms with E-state index in [2.05, 4.69) is 27.4 Å². The van der Waals surface area contributed by atoms with Crippen molar-refractivity contribution in [3.05, 3.63) is 12.2 Å². The lowest BCUT2D eigenvalue weighted by Gasteiger charge is -2.34. The lowest BCUT2D eigenvalue weighted by Crippen LogP contribution is -2.26. The third kappa shape index (κ3) is 1.88. The monoisotopic (exact) mass is 206 g/mol. The van der Waals surface area contributed by atoms with Crippen LogP contribution in [0.3, 0.4) is 0 Å². The molecule has 2 bridgehead atoms. The van der Waals surface area contributed by atoms with Crippen LogP contribution in [0, 0.1) is 29.6 Å². The van der Waals surface area contributed by atoms with Gasteiger partial charge in [0.1, 0.15) is 0 Å². The highest BCUT2D eigenvalue weighted by Gasteiger charge is 2.48. The van der Waals surface area contributed by atoms with Crippen molar-refractivity contribution in [3.8, 4) is 0 Å². The van der Waals surface area contributed by atoms with Gasteiger partial charge in [0.05, 0.1) is 0 Å². The summed E-state index contributed by atoms with van der Waals surface area (Å²) >= 11 is 0. The molecular weight excluding hydrogens is 180 g/mol. The fourth-order valence-corrected chi connectivity index (χ4v) is 4.34. The smallest absolute Gasteiger partial charge is 0.0174 e. The van der Waals surface area contributed by atoms with E-state index in [0.29, 0.717) is 0 Å². The van der Waals surface area contributed by atoms with Gasteiger partial charge in [-0.2, -0.15) is 0 Å². The first-order valence-corrected chi connectivity index (χ1v) is 6.82. The van der Waals surface area contributed by atoms with Crippen molar-refractivity contribution in [1.82, 2.24) is 0 Å². The van der Waals surface area contributed by atoms with Crippen LogP contribution in [0.5, 0.6) is 0 Å². The Morgan fingerprint density at radius 3 is 2.73 bits per heavy atom. The number of rotatable bonds is 4. The third-order valence-electron chi connectivity index (χ3n) is 5.06. The lowest BCUT2D eigenvalue weighted by atomic mass is 9.71. The van der Waals surface area contributed by atoms with Gasteiger partial charge in [-0.15, -0.1) is 0 Å². The molecule has 0 aliphatic heterocycles. The molecule has 2 fully saturated rings. The Bertz CT molecular complexity index is 238. The molecule has 0 aromatic heterocycles. The van der Waals surface area contributed by atoms with E-state index in [9.17, 15) is 0 Å². The Morgan fingerprint density at radius 2 is 2.20 bits per heavy atom. The van der Waals surface area contributed by atoms with E-state index in [0.717, 1.165) is 29.6 Å². The summed E-state index contributed by atoms with van der Waals surface area (Å²) in [5, 5.41) is 0. The van der Waals surface area contributed by atoms with Gasteiger partial charge in [-0.25, -0.2) is 0 Å². The fourth-order valence-electron chi connectivity index (χ4n) is 4.34. The lowest BCUT2D eigenvalue weighted by molar-refractivity contribution is 0.186. The zero-order valence-electron chi connectivity index (χ0n) is 10.6. The normalized spacial score (nSPS) is 41.1. The van der Waals surface area contributed by atoms with Gasteiger partial charge in [-0.1, -0.05) is 52.2 Å². The number of hydrogen-bond acceptors (Lipinski definition) is 0. The van der Waals surface area contributed by atoms with Gasteiger partial charge in [0.25, 0.3) is 0 Å². The van der Waals surface area contributed by atoms with E-state index in [4.69, 9.17) is 0 Å². The molecule has 86 valence electrons. The van der Waals surface area contributed by atoms with Crippen LogP contribution >= 0.6 is 0 Å². The Kier molecular flexibility index (Phi) is 3.23. The minimum Gasteiger partial charge on any atom is -0.0996 e. The van der Waals surface area contributed by atoms with Gasteiger partial charge in [0.2, 0.25) is 0 Å². The minimum atomic E-state index is 0.879. The molecule has 2 aliphatic carbocycles. The van der Waals surface area contributed by atoms with Crippen molar-refractivity contribution < 1.29 is 0 Å². The third-order valence-corrected chi connectivity index (χ3v) is 5.06. The predicted molar refractivity (Wildman–Crippen MR) is 66.7 cm³/mol. The molecule has 0 spiro atoms. The highest BCUT2D eigenvalue weighted by Crippen LogP contribution is 2.57. The zero-order valence-corrected chi connectivity index (χ0v) is 10.6. The predicted octanol–water partition coefficient (Wildman–Crippen LogP) is 4.66. The molecule has 0 heterocycles. The summed E-state index contributed by atoms with van der Waals surface area (Å²) in [4.78, 5) is 0. The van der Waals surface area contributed by atoms with Crippen molar-refractivity contribution in [1.29, 1.82) is 0 Å². The van der Waals surface area contributed by atoms with Crippen LogP contribution in [0.15, 0.2) is 12.2 Å². The Labute approximate surface area is 95.1 Å². The van der Waals surface area contributed by atoms with Crippen molar-refractivity contribution >= 4 is 0 Å². The highest BCUT2D eigenvalue weighted by atomic mass is 14.5. The van der Waals surface area contributed by atoms with Crippen molar-refractivity contribution in [2.24, 2.45) is 29.6 Å². The molecule has 0 aromatic rings. The molecule has 0 heteroatoms. The SMILES string of the molecule is C=C1CC2CC1C(C)C2C(C)CCCC. The maximum atomic E-state index is 4.24. The number of unbranched alkanes of at least 4 members (excludes halogenated alkanes) is 1. The van der Waals surface area contributed by atoms with Gasteiger partial charge in [0.15, 0.2) is 0 Å². The molecule has 2 aliphatic rings. The Morgan fingerprint density at radius 1 is 1.47 bits per heavy atom. The second-order valence-corrected chi connectivity index (χ2v) is 6.02. The maximum Gasteiger partial charge on any atom is -0.0174 e. The van der Waals surface area contributed by atoms with Gasteiger partial charge in [-0.3, -0.25) is 0 Å². The van der Waals surface area contributed by atoms with E-state index in [1.807, 2.05) is 0 Å². The average molecular weight is 206 g/mol. The summed E-state index contributed by atoms with van der Waals surface area (Å²) in [6.07, 6.45) is 7.02. The van der Waals surface area contributed by atoms with E-state index < -0.39 is 0 Å². The molecule has 0 N–H and O–H groups in total. The number of fused-ring (bicyclic) bond motifs is 2. The van der Waals surface area contributed by atoms with Gasteiger partial charge in [-0.05, 0) is 42.4 Å². The van der Waals surface area contributed by atoms with Gasteiger partial charge < -0.3 is 0 Å². The molecule has 2 saturated carbocycles. The molecule has 0 nitrogen and oxygen atoms in total. The van der Waals surface area contributed by atoms with Crippen LogP contribution in [0.2, 0.25) is 0 Å². The fraction of sp³-hybridized carbons (Fsp3) is 0.867. The van der Waals surface area contributed by atoms with Crippen LogP contribution in [0.4, 0.5) is 0 Å². The average Bonchev–Trinajstić information content (AvgIpc) is 2.70. The molecule has 0 aromatic carbocycles. The molecule has 2 rings (SSSR count). The van der Waals surface area contributed by atoms with Crippen LogP contribution in [-0.4, -0.2) is 0 Å². The molecular formula is C15H26. The molecule has 15 heavy (non-hydrogen) atoms. The summed E-state index contributed by atoms with van der Waals surface area (Å²) in [6, 6.07) is 0. The topological polar surface area (TPSA) is 0 Å². The number of allylic oxidation sites excluding steroid dienone is 1. The number of hydrogen-bond donors (Lipinski definition) is 0. The summed E-state index contributed by atoms with van der Waals surface area (Å²) in [5.74, 6) is 4.74. The first kappa shape index (κ1) is 11.2. The van der Waals surface area contributed by atoms with E-state index in [1.54, 1.807) is 5.57 Å². The van der Waals surface area contributed by atoms with Gasteiger partial charge >= 0.3 is 0 Å². The zero-order chi connectivity index (χ0) is 11.0. The Balaban J connectivity index is 1.97. The molecule has 0 amide bonds. The van der Waals surface area contributed by atoms with E-state index >= 15 is 0 Å². The van der Waals surface area contributed by atoms with Crippen molar-refractivity contribution in [3.63, 3.8) is 0 Å². The summed E-state index contributed by atoms with van der Waals surface area (Å²) < 4.78 is 0. The highest BCUT2D eigenvalue weighted by molar-refractivity contribution is 5.17. The summed E-state index contributed by atoms with van der Waals surface area (Å²) in [7, 11) is 0. The first-order chi connectivity index (χ1) is 7.15. The largest absolute Gasteiger partial charge is 0.0996 e. The Hall–Kier alpha value is -0.260. The van der Waals surface area contributed by atoms with Crippen LogP contribution in [0.25, 0.3) is 0 Å². The van der Waals surface area contributed by atoms with E-state index in [-0.39, 0.29) is 0 Å². The molecule has 5 unspecified atom stereocenters.